The van der Waals surface area contributed by atoms with Gasteiger partial charge in [0.1, 0.15) is 5.76 Å². The van der Waals surface area contributed by atoms with Gasteiger partial charge in [-0.15, -0.1) is 0 Å². The monoisotopic (exact) mass is 311 g/mol. The fraction of sp³-hybridized carbons (Fsp3) is 0.182. The van der Waals surface area contributed by atoms with Crippen molar-refractivity contribution in [2.45, 2.75) is 13.1 Å². The normalized spacial score (nSPS) is 10.5. The molecule has 0 aliphatic carbocycles. The summed E-state index contributed by atoms with van der Waals surface area (Å²) < 4.78 is 5.73. The van der Waals surface area contributed by atoms with Crippen LogP contribution in [0.1, 0.15) is 11.3 Å². The number of nitrogens with one attached hydrogen (secondary N) is 1. The maximum atomic E-state index is 10.9. The van der Waals surface area contributed by atoms with E-state index in [0.717, 1.165) is 4.47 Å². The Kier molecular flexibility index (Phi) is 4.06. The minimum absolute atomic E-state index is 0.100. The Balaban J connectivity index is 2.03. The Bertz CT molecular complexity index is 542. The third kappa shape index (κ3) is 3.14. The van der Waals surface area contributed by atoms with E-state index in [-0.39, 0.29) is 5.69 Å². The largest absolute Gasteiger partial charge is 0.360 e. The molecule has 7 heteroatoms. The highest BCUT2D eigenvalue weighted by Crippen LogP contribution is 2.22. The number of hydrogen-bond donors (Lipinski definition) is 1. The third-order valence-electron chi connectivity index (χ3n) is 2.34. The second-order valence-electron chi connectivity index (χ2n) is 3.61. The maximum absolute atomic E-state index is 10.9. The van der Waals surface area contributed by atoms with E-state index in [4.69, 9.17) is 4.52 Å². The predicted octanol–water partition coefficient (Wildman–Crippen LogP) is 2.64. The summed E-state index contributed by atoms with van der Waals surface area (Å²) >= 11 is 3.30. The molecule has 6 nitrogen and oxygen atoms in total. The van der Waals surface area contributed by atoms with Crippen LogP contribution in [0.25, 0.3) is 0 Å². The van der Waals surface area contributed by atoms with Crippen LogP contribution < -0.4 is 5.32 Å². The highest BCUT2D eigenvalue weighted by molar-refractivity contribution is 9.10. The summed E-state index contributed by atoms with van der Waals surface area (Å²) in [6.45, 7) is 0.861. The molecule has 1 heterocycles. The summed E-state index contributed by atoms with van der Waals surface area (Å²) in [4.78, 5) is 10.5. The van der Waals surface area contributed by atoms with E-state index in [0.29, 0.717) is 24.4 Å². The minimum Gasteiger partial charge on any atom is -0.360 e. The van der Waals surface area contributed by atoms with E-state index >= 15 is 0 Å². The van der Waals surface area contributed by atoms with E-state index < -0.39 is 4.92 Å². The van der Waals surface area contributed by atoms with Crippen LogP contribution in [0.3, 0.4) is 0 Å². The van der Waals surface area contributed by atoms with E-state index in [1.54, 1.807) is 24.4 Å². The maximum Gasteiger partial charge on any atom is 0.273 e. The van der Waals surface area contributed by atoms with Crippen LogP contribution in [-0.2, 0) is 13.1 Å². The SMILES string of the molecule is O=[N+]([O-])c1ccc(Br)cc1CNCc1ccno1. The van der Waals surface area contributed by atoms with Crippen LogP contribution >= 0.6 is 15.9 Å². The first-order valence-electron chi connectivity index (χ1n) is 5.20. The van der Waals surface area contributed by atoms with Crippen LogP contribution in [-0.4, -0.2) is 10.1 Å². The van der Waals surface area contributed by atoms with E-state index in [1.807, 2.05) is 0 Å². The highest BCUT2D eigenvalue weighted by Gasteiger charge is 2.13. The number of rotatable bonds is 5. The van der Waals surface area contributed by atoms with Crippen LogP contribution in [0.5, 0.6) is 0 Å². The zero-order chi connectivity index (χ0) is 13.0. The molecule has 0 spiro atoms. The molecule has 0 unspecified atom stereocenters. The predicted molar refractivity (Wildman–Crippen MR) is 67.8 cm³/mol. The Morgan fingerprint density at radius 2 is 2.22 bits per heavy atom. The third-order valence-corrected chi connectivity index (χ3v) is 2.84. The molecule has 0 aliphatic heterocycles. The summed E-state index contributed by atoms with van der Waals surface area (Å²) in [5, 5.41) is 17.5. The van der Waals surface area contributed by atoms with Crippen molar-refractivity contribution in [3.8, 4) is 0 Å². The molecule has 0 saturated heterocycles. The van der Waals surface area contributed by atoms with Crippen LogP contribution in [0.15, 0.2) is 39.5 Å². The number of aromatic nitrogens is 1. The molecule has 1 aromatic heterocycles. The van der Waals surface area contributed by atoms with E-state index in [2.05, 4.69) is 26.4 Å². The summed E-state index contributed by atoms with van der Waals surface area (Å²) in [5.74, 6) is 0.688. The zero-order valence-electron chi connectivity index (χ0n) is 9.30. The fourth-order valence-electron chi connectivity index (χ4n) is 1.53. The molecule has 2 aromatic rings. The van der Waals surface area contributed by atoms with Crippen molar-refractivity contribution in [2.24, 2.45) is 0 Å². The number of halogens is 1. The number of nitro groups is 1. The highest BCUT2D eigenvalue weighted by atomic mass is 79.9. The van der Waals surface area contributed by atoms with Crippen molar-refractivity contribution in [1.29, 1.82) is 0 Å². The van der Waals surface area contributed by atoms with Crippen molar-refractivity contribution < 1.29 is 9.45 Å². The topological polar surface area (TPSA) is 81.2 Å². The lowest BCUT2D eigenvalue weighted by molar-refractivity contribution is -0.385. The fourth-order valence-corrected chi connectivity index (χ4v) is 1.94. The van der Waals surface area contributed by atoms with Gasteiger partial charge in [-0.3, -0.25) is 10.1 Å². The molecule has 1 N–H and O–H groups in total. The molecule has 0 radical (unpaired) electrons. The number of hydrogen-bond acceptors (Lipinski definition) is 5. The number of nitro benzene ring substituents is 1. The van der Waals surface area contributed by atoms with E-state index in [9.17, 15) is 10.1 Å². The zero-order valence-corrected chi connectivity index (χ0v) is 10.9. The molecule has 0 amide bonds. The van der Waals surface area contributed by atoms with Crippen molar-refractivity contribution in [2.75, 3.05) is 0 Å². The molecule has 0 fully saturated rings. The summed E-state index contributed by atoms with van der Waals surface area (Å²) in [6, 6.07) is 6.60. The Morgan fingerprint density at radius 1 is 1.39 bits per heavy atom. The average Bonchev–Trinajstić information content (AvgIpc) is 2.82. The second-order valence-corrected chi connectivity index (χ2v) is 4.53. The molecule has 2 rings (SSSR count). The van der Waals surface area contributed by atoms with E-state index in [1.165, 1.54) is 6.07 Å². The van der Waals surface area contributed by atoms with Crippen LogP contribution in [0, 0.1) is 10.1 Å². The van der Waals surface area contributed by atoms with Gasteiger partial charge in [0.2, 0.25) is 0 Å². The Labute approximate surface area is 111 Å². The van der Waals surface area contributed by atoms with Gasteiger partial charge in [-0.1, -0.05) is 21.1 Å². The summed E-state index contributed by atoms with van der Waals surface area (Å²) in [6.07, 6.45) is 1.55. The van der Waals surface area contributed by atoms with Gasteiger partial charge in [0, 0.05) is 28.7 Å². The minimum atomic E-state index is -0.391. The molecule has 94 valence electrons. The molecule has 1 aromatic carbocycles. The first-order chi connectivity index (χ1) is 8.66. The number of benzene rings is 1. The Hall–Kier alpha value is -1.73. The van der Waals surface area contributed by atoms with Crippen molar-refractivity contribution in [3.63, 3.8) is 0 Å². The Morgan fingerprint density at radius 3 is 2.89 bits per heavy atom. The van der Waals surface area contributed by atoms with Gasteiger partial charge in [-0.25, -0.2) is 0 Å². The van der Waals surface area contributed by atoms with Gasteiger partial charge in [0.25, 0.3) is 5.69 Å². The number of nitrogens with zero attached hydrogens (tertiary/aromatic N) is 2. The lowest BCUT2D eigenvalue weighted by atomic mass is 10.2. The molecule has 0 atom stereocenters. The summed E-state index contributed by atoms with van der Waals surface area (Å²) in [5.41, 5.74) is 0.720. The molecule has 0 bridgehead atoms. The van der Waals surface area contributed by atoms with Gasteiger partial charge in [-0.05, 0) is 12.1 Å². The van der Waals surface area contributed by atoms with Gasteiger partial charge < -0.3 is 9.84 Å². The first-order valence-corrected chi connectivity index (χ1v) is 5.99. The average molecular weight is 312 g/mol. The van der Waals surface area contributed by atoms with Gasteiger partial charge in [0.05, 0.1) is 17.7 Å². The van der Waals surface area contributed by atoms with Crippen molar-refractivity contribution in [1.82, 2.24) is 10.5 Å². The second kappa shape index (κ2) is 5.74. The molecular weight excluding hydrogens is 302 g/mol. The van der Waals surface area contributed by atoms with Gasteiger partial charge in [0.15, 0.2) is 0 Å². The van der Waals surface area contributed by atoms with Crippen LogP contribution in [0.4, 0.5) is 5.69 Å². The lowest BCUT2D eigenvalue weighted by Crippen LogP contribution is -2.13. The van der Waals surface area contributed by atoms with Crippen LogP contribution in [0.2, 0.25) is 0 Å². The quantitative estimate of drug-likeness (QED) is 0.678. The molecular formula is C11H10BrN3O3. The van der Waals surface area contributed by atoms with Gasteiger partial charge >= 0.3 is 0 Å². The van der Waals surface area contributed by atoms with Crippen molar-refractivity contribution >= 4 is 21.6 Å². The lowest BCUT2D eigenvalue weighted by Gasteiger charge is -2.04. The molecule has 0 aliphatic rings. The standard InChI is InChI=1S/C11H10BrN3O3/c12-9-1-2-11(15(16)17)8(5-9)6-13-7-10-3-4-14-18-10/h1-5,13H,6-7H2. The molecule has 18 heavy (non-hydrogen) atoms. The summed E-state index contributed by atoms with van der Waals surface area (Å²) in [7, 11) is 0. The van der Waals surface area contributed by atoms with Crippen molar-refractivity contribution in [3.05, 3.63) is 56.4 Å². The first kappa shape index (κ1) is 12.7. The van der Waals surface area contributed by atoms with Gasteiger partial charge in [-0.2, -0.15) is 0 Å². The molecule has 0 saturated carbocycles. The smallest absolute Gasteiger partial charge is 0.273 e.